The minimum atomic E-state index is -0.549. The molecule has 2 atom stereocenters. The molecule has 18 heavy (non-hydrogen) atoms. The Bertz CT molecular complexity index is 328. The molecule has 0 spiro atoms. The van der Waals surface area contributed by atoms with Crippen molar-refractivity contribution in [1.29, 1.82) is 0 Å². The molecule has 0 aromatic rings. The fourth-order valence-corrected chi connectivity index (χ4v) is 2.05. The Hall–Kier alpha value is -0.810. The predicted octanol–water partition coefficient (Wildman–Crippen LogP) is 2.09. The predicted molar refractivity (Wildman–Crippen MR) is 69.4 cm³/mol. The third-order valence-corrected chi connectivity index (χ3v) is 3.06. The van der Waals surface area contributed by atoms with Gasteiger partial charge in [-0.15, -0.1) is 0 Å². The molecule has 1 saturated heterocycles. The van der Waals surface area contributed by atoms with Gasteiger partial charge in [-0.1, -0.05) is 0 Å². The third-order valence-electron chi connectivity index (χ3n) is 2.59. The smallest absolute Gasteiger partial charge is 0.407 e. The Labute approximate surface area is 113 Å². The monoisotopic (exact) mass is 276 g/mol. The molecule has 1 aliphatic heterocycles. The van der Waals surface area contributed by atoms with E-state index in [-0.39, 0.29) is 17.9 Å². The number of alkyl carbamates (subject to hydrolysis) is 1. The van der Waals surface area contributed by atoms with E-state index in [1.54, 1.807) is 25.2 Å². The van der Waals surface area contributed by atoms with E-state index < -0.39 is 11.7 Å². The van der Waals surface area contributed by atoms with Crippen LogP contribution in [-0.2, 0) is 9.53 Å². The normalized spacial score (nSPS) is 26.6. The fraction of sp³-hybridized carbons (Fsp3) is 0.833. The average Bonchev–Trinajstić information content (AvgIpc) is 2.22. The second-order valence-corrected chi connectivity index (χ2v) is 6.16. The molecule has 1 aliphatic rings. The molecule has 6 heteroatoms. The van der Waals surface area contributed by atoms with Crippen molar-refractivity contribution < 1.29 is 14.3 Å². The van der Waals surface area contributed by atoms with Gasteiger partial charge in [-0.3, -0.25) is 4.79 Å². The second-order valence-electron chi connectivity index (χ2n) is 5.72. The van der Waals surface area contributed by atoms with E-state index in [2.05, 4.69) is 5.32 Å². The van der Waals surface area contributed by atoms with Crippen molar-refractivity contribution in [2.24, 2.45) is 0 Å². The van der Waals surface area contributed by atoms with Crippen LogP contribution in [0, 0.1) is 0 Å². The van der Waals surface area contributed by atoms with Crippen molar-refractivity contribution in [1.82, 2.24) is 9.74 Å². The number of hydrogen-bond donors (Lipinski definition) is 1. The summed E-state index contributed by atoms with van der Waals surface area (Å²) in [6, 6.07) is -0.306. The SMILES string of the molecule is C[C@H]1CC(=O)C[C@H](NC(=O)OC(C)(C)C)CN1Cl. The summed E-state index contributed by atoms with van der Waals surface area (Å²) in [6.45, 7) is 7.71. The van der Waals surface area contributed by atoms with Gasteiger partial charge in [0.25, 0.3) is 0 Å². The molecule has 1 N–H and O–H groups in total. The highest BCUT2D eigenvalue weighted by Gasteiger charge is 2.28. The van der Waals surface area contributed by atoms with Crippen LogP contribution in [0.2, 0.25) is 0 Å². The molecular formula is C12H21ClN2O3. The van der Waals surface area contributed by atoms with Crippen molar-refractivity contribution in [2.75, 3.05) is 6.54 Å². The third kappa shape index (κ3) is 5.23. The highest BCUT2D eigenvalue weighted by atomic mass is 35.5. The maximum Gasteiger partial charge on any atom is 0.407 e. The topological polar surface area (TPSA) is 58.6 Å². The lowest BCUT2D eigenvalue weighted by molar-refractivity contribution is -0.119. The first-order valence-corrected chi connectivity index (χ1v) is 6.45. The zero-order chi connectivity index (χ0) is 13.9. The summed E-state index contributed by atoms with van der Waals surface area (Å²) in [5.74, 6) is 0.103. The first-order chi connectivity index (χ1) is 8.17. The van der Waals surface area contributed by atoms with Gasteiger partial charge in [-0.05, 0) is 39.5 Å². The molecule has 0 aliphatic carbocycles. The number of ether oxygens (including phenoxy) is 1. The van der Waals surface area contributed by atoms with Crippen LogP contribution >= 0.6 is 11.8 Å². The summed E-state index contributed by atoms with van der Waals surface area (Å²) in [4.78, 5) is 23.3. The molecule has 1 amide bonds. The van der Waals surface area contributed by atoms with Gasteiger partial charge in [0.1, 0.15) is 11.4 Å². The number of Topliss-reactive ketones (excluding diaryl/α,β-unsaturated/α-hetero) is 1. The minimum absolute atomic E-state index is 0.00963. The standard InChI is InChI=1S/C12H21ClN2O3/c1-8-5-10(16)6-9(7-15(8)13)14-11(17)18-12(2,3)4/h8-9H,5-7H2,1-4H3,(H,14,17)/t8-,9-/m0/s1. The molecule has 104 valence electrons. The molecule has 1 heterocycles. The Morgan fingerprint density at radius 2 is 2.06 bits per heavy atom. The zero-order valence-corrected chi connectivity index (χ0v) is 12.1. The van der Waals surface area contributed by atoms with Crippen LogP contribution in [0.15, 0.2) is 0 Å². The molecule has 5 nitrogen and oxygen atoms in total. The molecule has 1 rings (SSSR count). The van der Waals surface area contributed by atoms with Crippen LogP contribution < -0.4 is 5.32 Å². The van der Waals surface area contributed by atoms with Gasteiger partial charge < -0.3 is 10.1 Å². The quantitative estimate of drug-likeness (QED) is 0.745. The van der Waals surface area contributed by atoms with Gasteiger partial charge in [0.15, 0.2) is 0 Å². The number of nitrogens with zero attached hydrogens (tertiary/aromatic N) is 1. The van der Waals surface area contributed by atoms with Crippen molar-refractivity contribution in [3.8, 4) is 0 Å². The number of carbonyl (C=O) groups excluding carboxylic acids is 2. The molecule has 0 aromatic heterocycles. The van der Waals surface area contributed by atoms with E-state index >= 15 is 0 Å². The molecule has 0 saturated carbocycles. The number of halogens is 1. The van der Waals surface area contributed by atoms with E-state index in [0.29, 0.717) is 19.4 Å². The molecule has 1 fully saturated rings. The van der Waals surface area contributed by atoms with Gasteiger partial charge in [-0.2, -0.15) is 0 Å². The first-order valence-electron chi connectivity index (χ1n) is 6.11. The summed E-state index contributed by atoms with van der Waals surface area (Å²) < 4.78 is 6.72. The Morgan fingerprint density at radius 1 is 1.44 bits per heavy atom. The van der Waals surface area contributed by atoms with Crippen LogP contribution in [0.3, 0.4) is 0 Å². The number of hydrogen-bond acceptors (Lipinski definition) is 4. The summed E-state index contributed by atoms with van der Waals surface area (Å²) >= 11 is 6.04. The average molecular weight is 277 g/mol. The largest absolute Gasteiger partial charge is 0.444 e. The summed E-state index contributed by atoms with van der Waals surface area (Å²) in [7, 11) is 0. The Kier molecular flexibility index (Phi) is 4.99. The van der Waals surface area contributed by atoms with E-state index in [1.807, 2.05) is 6.92 Å². The van der Waals surface area contributed by atoms with E-state index in [0.717, 1.165) is 0 Å². The van der Waals surface area contributed by atoms with Gasteiger partial charge in [-0.25, -0.2) is 9.21 Å². The van der Waals surface area contributed by atoms with Crippen molar-refractivity contribution in [3.63, 3.8) is 0 Å². The first kappa shape index (κ1) is 15.2. The number of rotatable bonds is 1. The lowest BCUT2D eigenvalue weighted by Gasteiger charge is -2.24. The summed E-state index contributed by atoms with van der Waals surface area (Å²) in [5.41, 5.74) is -0.549. The Morgan fingerprint density at radius 3 is 2.61 bits per heavy atom. The maximum atomic E-state index is 11.6. The number of ketones is 1. The lowest BCUT2D eigenvalue weighted by Crippen LogP contribution is -2.44. The Balaban J connectivity index is 2.55. The summed E-state index contributed by atoms with van der Waals surface area (Å²) in [5, 5.41) is 2.69. The number of nitrogens with one attached hydrogen (secondary N) is 1. The van der Waals surface area contributed by atoms with E-state index in [4.69, 9.17) is 16.5 Å². The zero-order valence-electron chi connectivity index (χ0n) is 11.3. The highest BCUT2D eigenvalue weighted by molar-refractivity contribution is 6.13. The fourth-order valence-electron chi connectivity index (χ4n) is 1.81. The molecule has 0 bridgehead atoms. The van der Waals surface area contributed by atoms with Crippen LogP contribution in [0.1, 0.15) is 40.5 Å². The minimum Gasteiger partial charge on any atom is -0.444 e. The van der Waals surface area contributed by atoms with E-state index in [1.165, 1.54) is 0 Å². The van der Waals surface area contributed by atoms with Gasteiger partial charge in [0, 0.05) is 25.4 Å². The van der Waals surface area contributed by atoms with Crippen molar-refractivity contribution >= 4 is 23.7 Å². The molecule has 0 aromatic carbocycles. The van der Waals surface area contributed by atoms with Gasteiger partial charge in [0.2, 0.25) is 0 Å². The van der Waals surface area contributed by atoms with Crippen LogP contribution in [0.5, 0.6) is 0 Å². The number of carbonyl (C=O) groups is 2. The van der Waals surface area contributed by atoms with E-state index in [9.17, 15) is 9.59 Å². The highest BCUT2D eigenvalue weighted by Crippen LogP contribution is 2.17. The van der Waals surface area contributed by atoms with Crippen LogP contribution in [-0.4, -0.2) is 40.5 Å². The van der Waals surface area contributed by atoms with Crippen LogP contribution in [0.4, 0.5) is 4.79 Å². The lowest BCUT2D eigenvalue weighted by atomic mass is 10.1. The van der Waals surface area contributed by atoms with Crippen molar-refractivity contribution in [3.05, 3.63) is 0 Å². The molecule has 0 unspecified atom stereocenters. The van der Waals surface area contributed by atoms with Crippen LogP contribution in [0.25, 0.3) is 0 Å². The molecular weight excluding hydrogens is 256 g/mol. The van der Waals surface area contributed by atoms with Gasteiger partial charge in [0.05, 0.1) is 6.04 Å². The molecule has 0 radical (unpaired) electrons. The van der Waals surface area contributed by atoms with Gasteiger partial charge >= 0.3 is 6.09 Å². The van der Waals surface area contributed by atoms with Crippen molar-refractivity contribution in [2.45, 2.75) is 58.2 Å². The second kappa shape index (κ2) is 5.89. The maximum absolute atomic E-state index is 11.6. The summed E-state index contributed by atoms with van der Waals surface area (Å²) in [6.07, 6.45) is 0.197. The number of amides is 1.